The van der Waals surface area contributed by atoms with Crippen molar-refractivity contribution in [2.75, 3.05) is 11.9 Å². The molecule has 1 N–H and O–H groups in total. The molecule has 0 saturated carbocycles. The Morgan fingerprint density at radius 2 is 2.15 bits per heavy atom. The molecular weight excluding hydrogens is 244 g/mol. The average Bonchev–Trinajstić information content (AvgIpc) is 2.91. The molecule has 102 valence electrons. The fourth-order valence-corrected chi connectivity index (χ4v) is 3.63. The highest BCUT2D eigenvalue weighted by molar-refractivity contribution is 5.54. The Kier molecular flexibility index (Phi) is 2.95. The van der Waals surface area contributed by atoms with E-state index in [2.05, 4.69) is 40.6 Å². The number of fused-ring (bicyclic) bond motifs is 2. The van der Waals surface area contributed by atoms with Crippen molar-refractivity contribution in [3.05, 3.63) is 58.9 Å². The van der Waals surface area contributed by atoms with Crippen LogP contribution in [0.5, 0.6) is 0 Å². The highest BCUT2D eigenvalue weighted by Crippen LogP contribution is 2.34. The summed E-state index contributed by atoms with van der Waals surface area (Å²) < 4.78 is 0. The highest BCUT2D eigenvalue weighted by atomic mass is 14.9. The number of benzene rings is 1. The smallest absolute Gasteiger partial charge is 0.0469 e. The number of rotatable bonds is 2. The van der Waals surface area contributed by atoms with Gasteiger partial charge < -0.3 is 5.32 Å². The minimum atomic E-state index is 0.612. The maximum atomic E-state index is 4.61. The van der Waals surface area contributed by atoms with Crippen LogP contribution in [0.3, 0.4) is 0 Å². The van der Waals surface area contributed by atoms with E-state index in [-0.39, 0.29) is 0 Å². The third-order valence-electron chi connectivity index (χ3n) is 4.67. The number of anilines is 1. The van der Waals surface area contributed by atoms with Gasteiger partial charge in [0, 0.05) is 30.0 Å². The van der Waals surface area contributed by atoms with Crippen LogP contribution in [-0.4, -0.2) is 11.5 Å². The molecule has 2 nitrogen and oxygen atoms in total. The lowest BCUT2D eigenvalue weighted by Gasteiger charge is -2.19. The maximum Gasteiger partial charge on any atom is 0.0469 e. The normalized spacial score (nSPS) is 20.1. The van der Waals surface area contributed by atoms with Crippen LogP contribution in [-0.2, 0) is 19.3 Å². The largest absolute Gasteiger partial charge is 0.385 e. The first-order chi connectivity index (χ1) is 9.90. The summed E-state index contributed by atoms with van der Waals surface area (Å²) in [5.41, 5.74) is 7.09. The lowest BCUT2D eigenvalue weighted by molar-refractivity contribution is 0.659. The summed E-state index contributed by atoms with van der Waals surface area (Å²) in [6.45, 7) is 1.12. The summed E-state index contributed by atoms with van der Waals surface area (Å²) >= 11 is 0. The van der Waals surface area contributed by atoms with E-state index in [0.29, 0.717) is 5.92 Å². The summed E-state index contributed by atoms with van der Waals surface area (Å²) in [6.07, 6.45) is 7.99. The summed E-state index contributed by atoms with van der Waals surface area (Å²) in [5, 5.41) is 3.49. The van der Waals surface area contributed by atoms with Gasteiger partial charge in [-0.2, -0.15) is 0 Å². The van der Waals surface area contributed by atoms with E-state index in [0.717, 1.165) is 13.0 Å². The minimum absolute atomic E-state index is 0.612. The van der Waals surface area contributed by atoms with E-state index in [9.17, 15) is 0 Å². The second-order valence-electron chi connectivity index (χ2n) is 6.01. The molecular formula is C18H20N2. The molecule has 4 rings (SSSR count). The lowest BCUT2D eigenvalue weighted by Crippen LogP contribution is -2.12. The molecule has 2 heterocycles. The van der Waals surface area contributed by atoms with Crippen LogP contribution in [0.2, 0.25) is 0 Å². The van der Waals surface area contributed by atoms with Crippen LogP contribution in [0.25, 0.3) is 0 Å². The zero-order valence-corrected chi connectivity index (χ0v) is 11.7. The zero-order valence-electron chi connectivity index (χ0n) is 11.7. The van der Waals surface area contributed by atoms with Gasteiger partial charge in [0.15, 0.2) is 0 Å². The molecule has 0 radical (unpaired) electrons. The molecule has 1 aromatic heterocycles. The Morgan fingerprint density at radius 1 is 1.15 bits per heavy atom. The van der Waals surface area contributed by atoms with Crippen LogP contribution < -0.4 is 5.32 Å². The molecule has 2 heteroatoms. The lowest BCUT2D eigenvalue weighted by atomic mass is 9.93. The van der Waals surface area contributed by atoms with Crippen molar-refractivity contribution < 1.29 is 0 Å². The standard InChI is InChI=1S/C18H20N2/c1-3-14-6-7-16(18(14)20-10-1)12-13-5-8-17-15(11-13)4-2-9-19-17/h1,3,5,8,10-11,16,19H,2,4,6-7,9,12H2. The third kappa shape index (κ3) is 2.09. The molecule has 20 heavy (non-hydrogen) atoms. The monoisotopic (exact) mass is 264 g/mol. The fourth-order valence-electron chi connectivity index (χ4n) is 3.63. The minimum Gasteiger partial charge on any atom is -0.385 e. The first-order valence-corrected chi connectivity index (χ1v) is 7.69. The van der Waals surface area contributed by atoms with E-state index < -0.39 is 0 Å². The van der Waals surface area contributed by atoms with Gasteiger partial charge in [-0.15, -0.1) is 0 Å². The molecule has 1 aromatic carbocycles. The highest BCUT2D eigenvalue weighted by Gasteiger charge is 2.23. The number of aromatic nitrogens is 1. The zero-order chi connectivity index (χ0) is 13.4. The molecule has 0 saturated heterocycles. The molecule has 0 amide bonds. The van der Waals surface area contributed by atoms with Crippen molar-refractivity contribution >= 4 is 5.69 Å². The van der Waals surface area contributed by atoms with Crippen molar-refractivity contribution in [3.63, 3.8) is 0 Å². The van der Waals surface area contributed by atoms with Gasteiger partial charge in [0.25, 0.3) is 0 Å². The first-order valence-electron chi connectivity index (χ1n) is 7.69. The number of aryl methyl sites for hydroxylation is 2. The van der Waals surface area contributed by atoms with Gasteiger partial charge in [0.2, 0.25) is 0 Å². The van der Waals surface area contributed by atoms with Gasteiger partial charge in [0.1, 0.15) is 0 Å². The number of hydrogen-bond acceptors (Lipinski definition) is 2. The van der Waals surface area contributed by atoms with Crippen LogP contribution in [0.15, 0.2) is 36.5 Å². The average molecular weight is 264 g/mol. The summed E-state index contributed by atoms with van der Waals surface area (Å²) in [6, 6.07) is 11.3. The van der Waals surface area contributed by atoms with Gasteiger partial charge in [-0.3, -0.25) is 4.98 Å². The van der Waals surface area contributed by atoms with Crippen molar-refractivity contribution in [1.29, 1.82) is 0 Å². The van der Waals surface area contributed by atoms with E-state index in [4.69, 9.17) is 0 Å². The van der Waals surface area contributed by atoms with Crippen LogP contribution >= 0.6 is 0 Å². The van der Waals surface area contributed by atoms with E-state index in [1.54, 1.807) is 0 Å². The number of pyridine rings is 1. The Hall–Kier alpha value is -1.83. The van der Waals surface area contributed by atoms with Gasteiger partial charge in [-0.25, -0.2) is 0 Å². The Bertz CT molecular complexity index is 633. The van der Waals surface area contributed by atoms with E-state index in [1.807, 2.05) is 6.20 Å². The molecule has 0 spiro atoms. The Labute approximate surface area is 120 Å². The fraction of sp³-hybridized carbons (Fsp3) is 0.389. The first kappa shape index (κ1) is 12.0. The molecule has 0 fully saturated rings. The van der Waals surface area contributed by atoms with Gasteiger partial charge in [-0.1, -0.05) is 18.2 Å². The van der Waals surface area contributed by atoms with Crippen molar-refractivity contribution in [2.24, 2.45) is 0 Å². The van der Waals surface area contributed by atoms with Crippen LogP contribution in [0, 0.1) is 0 Å². The predicted molar refractivity (Wildman–Crippen MR) is 82.3 cm³/mol. The van der Waals surface area contributed by atoms with Gasteiger partial charge in [0.05, 0.1) is 0 Å². The number of hydrogen-bond donors (Lipinski definition) is 1. The second kappa shape index (κ2) is 4.93. The molecule has 1 aliphatic heterocycles. The SMILES string of the molecule is c1cnc2c(c1)CCC2Cc1ccc2c(c1)CCCN2. The molecule has 0 bridgehead atoms. The molecule has 2 aliphatic rings. The summed E-state index contributed by atoms with van der Waals surface area (Å²) in [4.78, 5) is 4.61. The van der Waals surface area contributed by atoms with Crippen molar-refractivity contribution in [1.82, 2.24) is 4.98 Å². The Morgan fingerprint density at radius 3 is 3.15 bits per heavy atom. The molecule has 2 aromatic rings. The third-order valence-corrected chi connectivity index (χ3v) is 4.67. The van der Waals surface area contributed by atoms with E-state index >= 15 is 0 Å². The van der Waals surface area contributed by atoms with Gasteiger partial charge >= 0.3 is 0 Å². The summed E-state index contributed by atoms with van der Waals surface area (Å²) in [7, 11) is 0. The number of nitrogens with zero attached hydrogens (tertiary/aromatic N) is 1. The van der Waals surface area contributed by atoms with Gasteiger partial charge in [-0.05, 0) is 60.9 Å². The second-order valence-corrected chi connectivity index (χ2v) is 6.01. The predicted octanol–water partition coefficient (Wildman–Crippen LogP) is 3.71. The quantitative estimate of drug-likeness (QED) is 0.894. The molecule has 1 atom stereocenters. The van der Waals surface area contributed by atoms with Crippen molar-refractivity contribution in [2.45, 2.75) is 38.0 Å². The van der Waals surface area contributed by atoms with E-state index in [1.165, 1.54) is 53.8 Å². The van der Waals surface area contributed by atoms with Crippen molar-refractivity contribution in [3.8, 4) is 0 Å². The maximum absolute atomic E-state index is 4.61. The van der Waals surface area contributed by atoms with Crippen LogP contribution in [0.4, 0.5) is 5.69 Å². The summed E-state index contributed by atoms with van der Waals surface area (Å²) in [5.74, 6) is 0.612. The van der Waals surface area contributed by atoms with Crippen LogP contribution in [0.1, 0.15) is 41.1 Å². The topological polar surface area (TPSA) is 24.9 Å². The molecule has 1 aliphatic carbocycles. The molecule has 1 unspecified atom stereocenters. The Balaban J connectivity index is 1.58. The number of nitrogens with one attached hydrogen (secondary N) is 1.